The molecule has 3 rings (SSSR count). The Morgan fingerprint density at radius 3 is 2.82 bits per heavy atom. The van der Waals surface area contributed by atoms with E-state index in [2.05, 4.69) is 10.6 Å². The highest BCUT2D eigenvalue weighted by molar-refractivity contribution is 5.98. The van der Waals surface area contributed by atoms with Crippen molar-refractivity contribution in [1.29, 1.82) is 0 Å². The third-order valence-electron chi connectivity index (χ3n) is 3.80. The summed E-state index contributed by atoms with van der Waals surface area (Å²) in [6.45, 7) is 3.75. The fraction of sp³-hybridized carbons (Fsp3) is 0.294. The summed E-state index contributed by atoms with van der Waals surface area (Å²) < 4.78 is 5.52. The van der Waals surface area contributed by atoms with Crippen LogP contribution in [0.1, 0.15) is 46.8 Å². The number of rotatable bonds is 3. The highest BCUT2D eigenvalue weighted by Crippen LogP contribution is 2.24. The minimum Gasteiger partial charge on any atom is -0.464 e. The molecule has 0 aliphatic carbocycles. The zero-order valence-electron chi connectivity index (χ0n) is 12.6. The third-order valence-corrected chi connectivity index (χ3v) is 3.80. The molecule has 2 heterocycles. The van der Waals surface area contributed by atoms with Crippen LogP contribution in [0, 0.1) is 6.92 Å². The largest absolute Gasteiger partial charge is 0.464 e. The summed E-state index contributed by atoms with van der Waals surface area (Å²) >= 11 is 0. The van der Waals surface area contributed by atoms with Crippen LogP contribution in [-0.2, 0) is 11.2 Å². The quantitative estimate of drug-likeness (QED) is 0.915. The van der Waals surface area contributed by atoms with Crippen molar-refractivity contribution < 1.29 is 14.0 Å². The molecule has 1 aromatic heterocycles. The first-order chi connectivity index (χ1) is 10.5. The number of hydrogen-bond donors (Lipinski definition) is 2. The van der Waals surface area contributed by atoms with Gasteiger partial charge in [-0.1, -0.05) is 0 Å². The molecule has 5 heteroatoms. The Morgan fingerprint density at radius 2 is 2.09 bits per heavy atom. The van der Waals surface area contributed by atoms with E-state index in [9.17, 15) is 9.59 Å². The number of aryl methyl sites for hydroxylation is 2. The minimum atomic E-state index is -0.197. The van der Waals surface area contributed by atoms with Gasteiger partial charge in [-0.15, -0.1) is 0 Å². The van der Waals surface area contributed by atoms with Gasteiger partial charge in [0, 0.05) is 17.7 Å². The zero-order valence-corrected chi connectivity index (χ0v) is 12.6. The fourth-order valence-electron chi connectivity index (χ4n) is 2.56. The number of hydrogen-bond acceptors (Lipinski definition) is 3. The number of benzene rings is 1. The van der Waals surface area contributed by atoms with Crippen molar-refractivity contribution in [3.63, 3.8) is 0 Å². The number of carbonyl (C=O) groups excluding carboxylic acids is 2. The van der Waals surface area contributed by atoms with Crippen molar-refractivity contribution in [2.45, 2.75) is 32.7 Å². The van der Waals surface area contributed by atoms with E-state index in [1.807, 2.05) is 32.0 Å². The van der Waals surface area contributed by atoms with E-state index in [0.29, 0.717) is 18.4 Å². The van der Waals surface area contributed by atoms with Crippen molar-refractivity contribution in [3.8, 4) is 0 Å². The second-order valence-corrected chi connectivity index (χ2v) is 5.56. The van der Waals surface area contributed by atoms with Gasteiger partial charge in [0.05, 0.1) is 6.04 Å². The van der Waals surface area contributed by atoms with Crippen molar-refractivity contribution in [1.82, 2.24) is 5.32 Å². The van der Waals surface area contributed by atoms with Gasteiger partial charge in [-0.05, 0) is 56.2 Å². The van der Waals surface area contributed by atoms with E-state index in [0.717, 1.165) is 22.8 Å². The van der Waals surface area contributed by atoms with Crippen LogP contribution in [0.5, 0.6) is 0 Å². The average molecular weight is 298 g/mol. The summed E-state index contributed by atoms with van der Waals surface area (Å²) in [6, 6.07) is 8.88. The predicted molar refractivity (Wildman–Crippen MR) is 82.7 cm³/mol. The van der Waals surface area contributed by atoms with Crippen LogP contribution in [0.3, 0.4) is 0 Å². The van der Waals surface area contributed by atoms with Crippen molar-refractivity contribution in [2.75, 3.05) is 5.32 Å². The SMILES string of the molecule is Cc1ccc([C@H](C)NC(=O)c2ccc3c(c2)CCC(=O)N3)o1. The molecular weight excluding hydrogens is 280 g/mol. The first kappa shape index (κ1) is 14.4. The van der Waals surface area contributed by atoms with Crippen LogP contribution >= 0.6 is 0 Å². The summed E-state index contributed by atoms with van der Waals surface area (Å²) in [6.07, 6.45) is 1.12. The second kappa shape index (κ2) is 5.67. The molecule has 0 saturated carbocycles. The first-order valence-electron chi connectivity index (χ1n) is 7.33. The van der Waals surface area contributed by atoms with Gasteiger partial charge in [-0.25, -0.2) is 0 Å². The molecule has 0 spiro atoms. The summed E-state index contributed by atoms with van der Waals surface area (Å²) in [5.74, 6) is 1.42. The molecule has 22 heavy (non-hydrogen) atoms. The lowest BCUT2D eigenvalue weighted by Crippen LogP contribution is -2.27. The second-order valence-electron chi connectivity index (χ2n) is 5.56. The Kier molecular flexibility index (Phi) is 3.71. The molecule has 2 aromatic rings. The summed E-state index contributed by atoms with van der Waals surface area (Å²) in [5, 5.41) is 5.73. The van der Waals surface area contributed by atoms with Gasteiger partial charge in [0.15, 0.2) is 0 Å². The minimum absolute atomic E-state index is 0.0199. The normalized spacial score (nSPS) is 14.9. The smallest absolute Gasteiger partial charge is 0.251 e. The van der Waals surface area contributed by atoms with E-state index in [-0.39, 0.29) is 17.9 Å². The lowest BCUT2D eigenvalue weighted by Gasteiger charge is -2.18. The monoisotopic (exact) mass is 298 g/mol. The van der Waals surface area contributed by atoms with Crippen molar-refractivity contribution >= 4 is 17.5 Å². The van der Waals surface area contributed by atoms with E-state index in [1.165, 1.54) is 0 Å². The van der Waals surface area contributed by atoms with Crippen LogP contribution < -0.4 is 10.6 Å². The van der Waals surface area contributed by atoms with Crippen LogP contribution in [0.4, 0.5) is 5.69 Å². The number of nitrogens with one attached hydrogen (secondary N) is 2. The molecule has 1 aliphatic rings. The molecule has 0 saturated heterocycles. The molecule has 5 nitrogen and oxygen atoms in total. The Balaban J connectivity index is 1.74. The lowest BCUT2D eigenvalue weighted by molar-refractivity contribution is -0.116. The molecule has 0 radical (unpaired) electrons. The zero-order chi connectivity index (χ0) is 15.7. The topological polar surface area (TPSA) is 71.3 Å². The lowest BCUT2D eigenvalue weighted by atomic mass is 10.00. The fourth-order valence-corrected chi connectivity index (χ4v) is 2.56. The Morgan fingerprint density at radius 1 is 1.27 bits per heavy atom. The molecular formula is C17H18N2O3. The van der Waals surface area contributed by atoms with Gasteiger partial charge >= 0.3 is 0 Å². The average Bonchev–Trinajstić information content (AvgIpc) is 2.93. The Labute approximate surface area is 128 Å². The molecule has 1 aromatic carbocycles. The molecule has 0 unspecified atom stereocenters. The summed E-state index contributed by atoms with van der Waals surface area (Å²) in [4.78, 5) is 23.7. The van der Waals surface area contributed by atoms with E-state index in [4.69, 9.17) is 4.42 Å². The number of anilines is 1. The number of amides is 2. The molecule has 114 valence electrons. The predicted octanol–water partition coefficient (Wildman–Crippen LogP) is 2.96. The number of carbonyl (C=O) groups is 2. The molecule has 2 N–H and O–H groups in total. The molecule has 0 fully saturated rings. The standard InChI is InChI=1S/C17H18N2O3/c1-10-3-7-15(22-10)11(2)18-17(21)13-4-6-14-12(9-13)5-8-16(20)19-14/h3-4,6-7,9,11H,5,8H2,1-2H3,(H,18,21)(H,19,20)/t11-/m0/s1. The molecule has 1 aliphatic heterocycles. The van der Waals surface area contributed by atoms with Gasteiger partial charge in [0.1, 0.15) is 11.5 Å². The number of furan rings is 1. The van der Waals surface area contributed by atoms with Crippen LogP contribution in [0.25, 0.3) is 0 Å². The van der Waals surface area contributed by atoms with Gasteiger partial charge in [-0.3, -0.25) is 9.59 Å². The number of fused-ring (bicyclic) bond motifs is 1. The van der Waals surface area contributed by atoms with Crippen LogP contribution in [-0.4, -0.2) is 11.8 Å². The molecule has 1 atom stereocenters. The van der Waals surface area contributed by atoms with Crippen molar-refractivity contribution in [2.24, 2.45) is 0 Å². The highest BCUT2D eigenvalue weighted by atomic mass is 16.3. The van der Waals surface area contributed by atoms with E-state index >= 15 is 0 Å². The van der Waals surface area contributed by atoms with Crippen LogP contribution in [0.15, 0.2) is 34.7 Å². The van der Waals surface area contributed by atoms with Gasteiger partial charge in [-0.2, -0.15) is 0 Å². The van der Waals surface area contributed by atoms with Crippen LogP contribution in [0.2, 0.25) is 0 Å². The maximum Gasteiger partial charge on any atom is 0.251 e. The molecule has 2 amide bonds. The summed E-state index contributed by atoms with van der Waals surface area (Å²) in [7, 11) is 0. The van der Waals surface area contributed by atoms with Gasteiger partial charge < -0.3 is 15.1 Å². The summed E-state index contributed by atoms with van der Waals surface area (Å²) in [5.41, 5.74) is 2.38. The van der Waals surface area contributed by atoms with Gasteiger partial charge in [0.25, 0.3) is 5.91 Å². The first-order valence-corrected chi connectivity index (χ1v) is 7.33. The third kappa shape index (κ3) is 2.88. The maximum absolute atomic E-state index is 12.3. The Hall–Kier alpha value is -2.56. The van der Waals surface area contributed by atoms with E-state index < -0.39 is 0 Å². The van der Waals surface area contributed by atoms with Crippen molar-refractivity contribution in [3.05, 3.63) is 53.0 Å². The van der Waals surface area contributed by atoms with E-state index in [1.54, 1.807) is 12.1 Å². The molecule has 0 bridgehead atoms. The maximum atomic E-state index is 12.3. The Bertz CT molecular complexity index is 733. The highest BCUT2D eigenvalue weighted by Gasteiger charge is 2.18. The van der Waals surface area contributed by atoms with Gasteiger partial charge in [0.2, 0.25) is 5.91 Å².